The van der Waals surface area contributed by atoms with Crippen molar-refractivity contribution in [1.29, 1.82) is 0 Å². The van der Waals surface area contributed by atoms with Crippen LogP contribution in [0.2, 0.25) is 0 Å². The van der Waals surface area contributed by atoms with E-state index in [0.717, 1.165) is 0 Å². The molecule has 0 aliphatic heterocycles. The normalized spacial score (nSPS) is 9.69. The van der Waals surface area contributed by atoms with Crippen molar-refractivity contribution >= 4 is 23.1 Å². The van der Waals surface area contributed by atoms with Crippen LogP contribution in [-0.2, 0) is 4.74 Å². The SMILES string of the molecule is COC(=O)c1[nH]c(=O)sc1C(C)=O. The van der Waals surface area contributed by atoms with E-state index >= 15 is 0 Å². The van der Waals surface area contributed by atoms with Crippen LogP contribution in [-0.4, -0.2) is 23.8 Å². The molecule has 0 unspecified atom stereocenters. The Morgan fingerprint density at radius 1 is 1.46 bits per heavy atom. The number of aromatic nitrogens is 1. The van der Waals surface area contributed by atoms with Crippen LogP contribution in [0.15, 0.2) is 4.79 Å². The third-order valence-corrected chi connectivity index (χ3v) is 2.34. The zero-order valence-corrected chi connectivity index (χ0v) is 7.86. The summed E-state index contributed by atoms with van der Waals surface area (Å²) in [5.41, 5.74) is -0.0648. The predicted molar refractivity (Wildman–Crippen MR) is 46.3 cm³/mol. The van der Waals surface area contributed by atoms with Gasteiger partial charge in [0, 0.05) is 6.92 Å². The van der Waals surface area contributed by atoms with Crippen molar-refractivity contribution in [3.63, 3.8) is 0 Å². The number of hydrogen-bond donors (Lipinski definition) is 1. The van der Waals surface area contributed by atoms with Crippen LogP contribution in [0.1, 0.15) is 27.1 Å². The first-order valence-corrected chi connectivity index (χ1v) is 4.20. The molecule has 0 saturated carbocycles. The van der Waals surface area contributed by atoms with Gasteiger partial charge in [0.15, 0.2) is 5.78 Å². The Labute approximate surface area is 77.3 Å². The Balaban J connectivity index is 3.27. The van der Waals surface area contributed by atoms with E-state index in [-0.39, 0.29) is 16.4 Å². The predicted octanol–water partition coefficient (Wildman–Crippen LogP) is 0.426. The number of rotatable bonds is 2. The van der Waals surface area contributed by atoms with Crippen LogP contribution in [0.4, 0.5) is 0 Å². The first-order valence-electron chi connectivity index (χ1n) is 3.38. The molecule has 0 aromatic carbocycles. The third-order valence-electron chi connectivity index (χ3n) is 1.36. The average molecular weight is 201 g/mol. The Kier molecular flexibility index (Phi) is 2.62. The molecule has 1 aromatic heterocycles. The molecule has 0 amide bonds. The zero-order valence-electron chi connectivity index (χ0n) is 7.04. The van der Waals surface area contributed by atoms with Crippen molar-refractivity contribution < 1.29 is 14.3 Å². The van der Waals surface area contributed by atoms with Gasteiger partial charge >= 0.3 is 10.8 Å². The largest absolute Gasteiger partial charge is 0.464 e. The number of hydrogen-bond acceptors (Lipinski definition) is 5. The second kappa shape index (κ2) is 3.53. The number of nitrogens with one attached hydrogen (secondary N) is 1. The highest BCUT2D eigenvalue weighted by Gasteiger charge is 2.18. The van der Waals surface area contributed by atoms with E-state index in [9.17, 15) is 14.4 Å². The maximum absolute atomic E-state index is 11.0. The fourth-order valence-electron chi connectivity index (χ4n) is 0.822. The van der Waals surface area contributed by atoms with Crippen molar-refractivity contribution in [1.82, 2.24) is 4.98 Å². The van der Waals surface area contributed by atoms with Gasteiger partial charge in [-0.1, -0.05) is 11.3 Å². The molecule has 0 fully saturated rings. The third kappa shape index (κ3) is 1.83. The van der Waals surface area contributed by atoms with Crippen LogP contribution >= 0.6 is 11.3 Å². The summed E-state index contributed by atoms with van der Waals surface area (Å²) in [5, 5.41) is 0. The second-order valence-electron chi connectivity index (χ2n) is 2.27. The smallest absolute Gasteiger partial charge is 0.356 e. The summed E-state index contributed by atoms with van der Waals surface area (Å²) in [7, 11) is 1.18. The van der Waals surface area contributed by atoms with Gasteiger partial charge in [-0.05, 0) is 0 Å². The molecule has 0 spiro atoms. The van der Waals surface area contributed by atoms with Gasteiger partial charge < -0.3 is 9.72 Å². The van der Waals surface area contributed by atoms with E-state index in [2.05, 4.69) is 9.72 Å². The molecule has 0 aliphatic carbocycles. The molecule has 13 heavy (non-hydrogen) atoms. The molecule has 1 rings (SSSR count). The van der Waals surface area contributed by atoms with Crippen LogP contribution < -0.4 is 4.87 Å². The molecule has 0 saturated heterocycles. The van der Waals surface area contributed by atoms with Gasteiger partial charge in [0.05, 0.1) is 7.11 Å². The molecule has 1 heterocycles. The van der Waals surface area contributed by atoms with Crippen LogP contribution in [0.5, 0.6) is 0 Å². The van der Waals surface area contributed by atoms with E-state index in [1.54, 1.807) is 0 Å². The van der Waals surface area contributed by atoms with Crippen LogP contribution in [0.25, 0.3) is 0 Å². The van der Waals surface area contributed by atoms with Gasteiger partial charge in [-0.2, -0.15) is 0 Å². The number of aromatic amines is 1. The minimum Gasteiger partial charge on any atom is -0.464 e. The highest BCUT2D eigenvalue weighted by Crippen LogP contribution is 2.10. The van der Waals surface area contributed by atoms with E-state index in [1.807, 2.05) is 0 Å². The van der Waals surface area contributed by atoms with E-state index < -0.39 is 10.8 Å². The van der Waals surface area contributed by atoms with E-state index in [0.29, 0.717) is 11.3 Å². The number of esters is 1. The van der Waals surface area contributed by atoms with Gasteiger partial charge in [0.25, 0.3) is 0 Å². The summed E-state index contributed by atoms with van der Waals surface area (Å²) in [4.78, 5) is 34.7. The Morgan fingerprint density at radius 2 is 2.08 bits per heavy atom. The summed E-state index contributed by atoms with van der Waals surface area (Å²) in [6, 6.07) is 0. The maximum atomic E-state index is 11.0. The molecule has 0 bridgehead atoms. The number of carbonyl (C=O) groups excluding carboxylic acids is 2. The number of Topliss-reactive ketones (excluding diaryl/α,β-unsaturated/α-hetero) is 1. The fraction of sp³-hybridized carbons (Fsp3) is 0.286. The molecule has 0 radical (unpaired) electrons. The van der Waals surface area contributed by atoms with Gasteiger partial charge in [-0.3, -0.25) is 9.59 Å². The quantitative estimate of drug-likeness (QED) is 0.556. The monoisotopic (exact) mass is 201 g/mol. The molecular formula is C7H7NO4S. The van der Waals surface area contributed by atoms with Crippen molar-refractivity contribution in [3.8, 4) is 0 Å². The lowest BCUT2D eigenvalue weighted by Crippen LogP contribution is -2.08. The van der Waals surface area contributed by atoms with Gasteiger partial charge in [-0.15, -0.1) is 0 Å². The van der Waals surface area contributed by atoms with Gasteiger partial charge in [0.2, 0.25) is 0 Å². The number of carbonyl (C=O) groups is 2. The fourth-order valence-corrected chi connectivity index (χ4v) is 1.54. The highest BCUT2D eigenvalue weighted by atomic mass is 32.1. The van der Waals surface area contributed by atoms with Crippen molar-refractivity contribution in [3.05, 3.63) is 20.2 Å². The molecule has 1 N–H and O–H groups in total. The zero-order chi connectivity index (χ0) is 10.0. The van der Waals surface area contributed by atoms with Crippen LogP contribution in [0, 0.1) is 0 Å². The lowest BCUT2D eigenvalue weighted by molar-refractivity contribution is 0.0591. The number of methoxy groups -OCH3 is 1. The molecular weight excluding hydrogens is 194 g/mol. The Bertz CT molecular complexity index is 403. The summed E-state index contributed by atoms with van der Waals surface area (Å²) in [5.74, 6) is -1.03. The number of thiazole rings is 1. The van der Waals surface area contributed by atoms with Gasteiger partial charge in [-0.25, -0.2) is 4.79 Å². The second-order valence-corrected chi connectivity index (χ2v) is 3.25. The van der Waals surface area contributed by atoms with Crippen molar-refractivity contribution in [2.45, 2.75) is 6.92 Å². The number of H-pyrrole nitrogens is 1. The lowest BCUT2D eigenvalue weighted by Gasteiger charge is -1.95. The standard InChI is InChI=1S/C7H7NO4S/c1-3(9)5-4(6(10)12-2)8-7(11)13-5/h1-2H3,(H,8,11). The van der Waals surface area contributed by atoms with E-state index in [1.165, 1.54) is 14.0 Å². The summed E-state index contributed by atoms with van der Waals surface area (Å²) in [6.45, 7) is 1.28. The Morgan fingerprint density at radius 3 is 2.54 bits per heavy atom. The molecule has 6 heteroatoms. The van der Waals surface area contributed by atoms with Crippen LogP contribution in [0.3, 0.4) is 0 Å². The first kappa shape index (κ1) is 9.66. The van der Waals surface area contributed by atoms with Crippen molar-refractivity contribution in [2.75, 3.05) is 7.11 Å². The minimum atomic E-state index is -0.705. The molecule has 5 nitrogen and oxygen atoms in total. The first-order chi connectivity index (χ1) is 6.06. The van der Waals surface area contributed by atoms with Gasteiger partial charge in [0.1, 0.15) is 10.6 Å². The summed E-state index contributed by atoms with van der Waals surface area (Å²) in [6.07, 6.45) is 0. The lowest BCUT2D eigenvalue weighted by atomic mass is 10.3. The maximum Gasteiger partial charge on any atom is 0.356 e. The highest BCUT2D eigenvalue weighted by molar-refractivity contribution is 7.11. The number of ketones is 1. The molecule has 0 atom stereocenters. The summed E-state index contributed by atoms with van der Waals surface area (Å²) < 4.78 is 4.39. The molecule has 0 aliphatic rings. The van der Waals surface area contributed by atoms with Crippen molar-refractivity contribution in [2.24, 2.45) is 0 Å². The minimum absolute atomic E-state index is 0.0648. The van der Waals surface area contributed by atoms with E-state index in [4.69, 9.17) is 0 Å². The average Bonchev–Trinajstić information content (AvgIpc) is 2.46. The topological polar surface area (TPSA) is 76.2 Å². The molecule has 70 valence electrons. The number of ether oxygens (including phenoxy) is 1. The Hall–Kier alpha value is -1.43. The summed E-state index contributed by atoms with van der Waals surface area (Å²) >= 11 is 0.705. The molecule has 1 aromatic rings.